The summed E-state index contributed by atoms with van der Waals surface area (Å²) >= 11 is 18.1. The largest absolute Gasteiger partial charge is 0.417 e. The van der Waals surface area contributed by atoms with Crippen LogP contribution in [0.25, 0.3) is 0 Å². The Morgan fingerprint density at radius 1 is 0.953 bits per heavy atom. The lowest BCUT2D eigenvalue weighted by atomic mass is 10.1. The van der Waals surface area contributed by atoms with Crippen LogP contribution >= 0.6 is 34.8 Å². The van der Waals surface area contributed by atoms with Gasteiger partial charge in [0.2, 0.25) is 11.8 Å². The van der Waals surface area contributed by atoms with E-state index in [-0.39, 0.29) is 16.5 Å². The van der Waals surface area contributed by atoms with Gasteiger partial charge in [0.1, 0.15) is 12.6 Å². The van der Waals surface area contributed by atoms with Crippen LogP contribution in [0.1, 0.15) is 37.8 Å². The molecule has 0 aromatic heterocycles. The number of halogens is 6. The summed E-state index contributed by atoms with van der Waals surface area (Å²) < 4.78 is 69.4. The molecule has 0 aliphatic heterocycles. The van der Waals surface area contributed by atoms with E-state index < -0.39 is 56.9 Å². The lowest BCUT2D eigenvalue weighted by molar-refractivity contribution is -0.139. The number of benzene rings is 3. The smallest absolute Gasteiger partial charge is 0.354 e. The second-order valence-electron chi connectivity index (χ2n) is 9.56. The first-order valence-electron chi connectivity index (χ1n) is 13.1. The number of anilines is 1. The van der Waals surface area contributed by atoms with Crippen molar-refractivity contribution < 1.29 is 31.2 Å². The first kappa shape index (κ1) is 34.5. The number of nitrogens with zero attached hydrogens (tertiary/aromatic N) is 2. The van der Waals surface area contributed by atoms with E-state index in [1.165, 1.54) is 43.3 Å². The highest BCUT2D eigenvalue weighted by Gasteiger charge is 2.37. The van der Waals surface area contributed by atoms with Crippen LogP contribution in [0.4, 0.5) is 18.9 Å². The summed E-state index contributed by atoms with van der Waals surface area (Å²) in [6.45, 7) is 2.60. The van der Waals surface area contributed by atoms with E-state index in [2.05, 4.69) is 5.32 Å². The second-order valence-corrected chi connectivity index (χ2v) is 12.7. The van der Waals surface area contributed by atoms with Crippen molar-refractivity contribution in [1.29, 1.82) is 0 Å². The molecule has 0 heterocycles. The number of carbonyl (C=O) groups excluding carboxylic acids is 2. The lowest BCUT2D eigenvalue weighted by Crippen LogP contribution is -2.51. The van der Waals surface area contributed by atoms with E-state index >= 15 is 0 Å². The van der Waals surface area contributed by atoms with Crippen molar-refractivity contribution in [3.8, 4) is 0 Å². The summed E-state index contributed by atoms with van der Waals surface area (Å²) in [5, 5.41) is 2.63. The molecular formula is C29H29Cl3F3N3O4S. The second kappa shape index (κ2) is 14.7. The number of nitrogens with one attached hydrogen (secondary N) is 1. The Bertz CT molecular complexity index is 1560. The van der Waals surface area contributed by atoms with Crippen LogP contribution < -0.4 is 9.62 Å². The van der Waals surface area contributed by atoms with Gasteiger partial charge >= 0.3 is 6.18 Å². The molecule has 14 heteroatoms. The Balaban J connectivity index is 2.10. The molecule has 1 N–H and O–H groups in total. The maximum Gasteiger partial charge on any atom is 0.417 e. The molecule has 7 nitrogen and oxygen atoms in total. The van der Waals surface area contributed by atoms with E-state index in [1.807, 2.05) is 6.92 Å². The predicted molar refractivity (Wildman–Crippen MR) is 162 cm³/mol. The van der Waals surface area contributed by atoms with Gasteiger partial charge in [-0.25, -0.2) is 8.42 Å². The molecule has 0 saturated carbocycles. The van der Waals surface area contributed by atoms with E-state index in [9.17, 15) is 31.2 Å². The summed E-state index contributed by atoms with van der Waals surface area (Å²) in [7, 11) is -4.58. The summed E-state index contributed by atoms with van der Waals surface area (Å²) in [5.41, 5.74) is -1.31. The van der Waals surface area contributed by atoms with Crippen molar-refractivity contribution >= 4 is 62.3 Å². The fraction of sp³-hybridized carbons (Fsp3) is 0.310. The minimum Gasteiger partial charge on any atom is -0.354 e. The number of hydrogen-bond donors (Lipinski definition) is 1. The third-order valence-electron chi connectivity index (χ3n) is 6.51. The number of alkyl halides is 3. The fourth-order valence-corrected chi connectivity index (χ4v) is 6.21. The SMILES string of the molecule is CCCCNC(=O)C(C)N(Cc1ccc(Cl)cc1Cl)C(=O)CN(c1ccc(Cl)c(C(F)(F)F)c1)S(=O)(=O)c1ccccc1. The molecule has 0 fully saturated rings. The average Bonchev–Trinajstić information content (AvgIpc) is 2.95. The molecule has 3 aromatic carbocycles. The van der Waals surface area contributed by atoms with Gasteiger partial charge in [-0.05, 0) is 61.4 Å². The Morgan fingerprint density at radius 3 is 2.23 bits per heavy atom. The normalized spacial score (nSPS) is 12.5. The van der Waals surface area contributed by atoms with Crippen LogP contribution in [-0.2, 0) is 32.3 Å². The van der Waals surface area contributed by atoms with Crippen LogP contribution in [-0.4, -0.2) is 44.3 Å². The molecular weight excluding hydrogens is 650 g/mol. The molecule has 0 saturated heterocycles. The molecule has 0 spiro atoms. The number of hydrogen-bond acceptors (Lipinski definition) is 4. The first-order valence-corrected chi connectivity index (χ1v) is 15.7. The molecule has 3 aromatic rings. The van der Waals surface area contributed by atoms with Gasteiger partial charge in [-0.1, -0.05) is 72.4 Å². The maximum atomic E-state index is 13.9. The van der Waals surface area contributed by atoms with Gasteiger partial charge in [0.25, 0.3) is 10.0 Å². The third kappa shape index (κ3) is 8.78. The Kier molecular flexibility index (Phi) is 11.8. The van der Waals surface area contributed by atoms with Gasteiger partial charge in [0, 0.05) is 23.1 Å². The summed E-state index contributed by atoms with van der Waals surface area (Å²) in [6, 6.07) is 12.9. The fourth-order valence-electron chi connectivity index (χ4n) is 4.09. The third-order valence-corrected chi connectivity index (χ3v) is 9.21. The zero-order valence-corrected chi connectivity index (χ0v) is 26.3. The van der Waals surface area contributed by atoms with E-state index in [0.717, 1.165) is 23.5 Å². The first-order chi connectivity index (χ1) is 20.2. The van der Waals surface area contributed by atoms with Gasteiger partial charge in [-0.2, -0.15) is 13.2 Å². The zero-order valence-electron chi connectivity index (χ0n) is 23.2. The average molecular weight is 679 g/mol. The molecule has 1 atom stereocenters. The van der Waals surface area contributed by atoms with Crippen LogP contribution in [0.2, 0.25) is 15.1 Å². The van der Waals surface area contributed by atoms with Gasteiger partial charge < -0.3 is 10.2 Å². The van der Waals surface area contributed by atoms with Gasteiger partial charge in [-0.3, -0.25) is 13.9 Å². The minimum atomic E-state index is -4.90. The number of unbranched alkanes of at least 4 members (excludes halogenated alkanes) is 1. The van der Waals surface area contributed by atoms with Crippen molar-refractivity contribution in [1.82, 2.24) is 10.2 Å². The molecule has 43 heavy (non-hydrogen) atoms. The maximum absolute atomic E-state index is 13.9. The topological polar surface area (TPSA) is 86.8 Å². The van der Waals surface area contributed by atoms with Crippen molar-refractivity contribution in [2.75, 3.05) is 17.4 Å². The van der Waals surface area contributed by atoms with Gasteiger partial charge in [0.15, 0.2) is 0 Å². The standard InChI is InChI=1S/C29H29Cl3F3N3O4S/c1-3-4-14-36-28(40)19(2)37(17-20-10-11-21(30)15-26(20)32)27(39)18-38(43(41,42)23-8-6-5-7-9-23)22-12-13-25(31)24(16-22)29(33,34)35/h5-13,15-16,19H,3-4,14,17-18H2,1-2H3,(H,36,40). The van der Waals surface area contributed by atoms with E-state index in [1.54, 1.807) is 12.1 Å². The summed E-state index contributed by atoms with van der Waals surface area (Å²) in [6.07, 6.45) is -3.40. The van der Waals surface area contributed by atoms with E-state index in [4.69, 9.17) is 34.8 Å². The monoisotopic (exact) mass is 677 g/mol. The number of carbonyl (C=O) groups is 2. The van der Waals surface area contributed by atoms with Crippen LogP contribution in [0.5, 0.6) is 0 Å². The summed E-state index contributed by atoms with van der Waals surface area (Å²) in [4.78, 5) is 27.8. The van der Waals surface area contributed by atoms with Crippen molar-refractivity contribution in [2.24, 2.45) is 0 Å². The Labute approximate surface area is 263 Å². The molecule has 0 aliphatic carbocycles. The number of sulfonamides is 1. The van der Waals surface area contributed by atoms with Gasteiger partial charge in [-0.15, -0.1) is 0 Å². The molecule has 232 valence electrons. The predicted octanol–water partition coefficient (Wildman–Crippen LogP) is 7.19. The molecule has 1 unspecified atom stereocenters. The molecule has 0 radical (unpaired) electrons. The van der Waals surface area contributed by atoms with Crippen molar-refractivity contribution in [3.05, 3.63) is 92.9 Å². The van der Waals surface area contributed by atoms with Crippen LogP contribution in [0.3, 0.4) is 0 Å². The Hall–Kier alpha value is -2.99. The lowest BCUT2D eigenvalue weighted by Gasteiger charge is -2.32. The highest BCUT2D eigenvalue weighted by Crippen LogP contribution is 2.38. The molecule has 0 bridgehead atoms. The number of amides is 2. The highest BCUT2D eigenvalue weighted by molar-refractivity contribution is 7.92. The van der Waals surface area contributed by atoms with Gasteiger partial charge in [0.05, 0.1) is 21.2 Å². The van der Waals surface area contributed by atoms with Crippen molar-refractivity contribution in [2.45, 2.75) is 50.3 Å². The quantitative estimate of drug-likeness (QED) is 0.206. The summed E-state index contributed by atoms with van der Waals surface area (Å²) in [5.74, 6) is -1.37. The highest BCUT2D eigenvalue weighted by atomic mass is 35.5. The van der Waals surface area contributed by atoms with Crippen LogP contribution in [0.15, 0.2) is 71.6 Å². The van der Waals surface area contributed by atoms with E-state index in [0.29, 0.717) is 33.9 Å². The van der Waals surface area contributed by atoms with Crippen LogP contribution in [0, 0.1) is 0 Å². The Morgan fingerprint density at radius 2 is 1.63 bits per heavy atom. The molecule has 3 rings (SSSR count). The van der Waals surface area contributed by atoms with Crippen molar-refractivity contribution in [3.63, 3.8) is 0 Å². The molecule has 0 aliphatic rings. The molecule has 2 amide bonds. The number of rotatable bonds is 12. The minimum absolute atomic E-state index is 0.199. The zero-order chi connectivity index (χ0) is 31.9.